The molecule has 0 saturated carbocycles. The van der Waals surface area contributed by atoms with E-state index >= 15 is 13.2 Å². The van der Waals surface area contributed by atoms with Gasteiger partial charge in [0, 0.05) is 32.7 Å². The lowest BCUT2D eigenvalue weighted by Crippen LogP contribution is -2.12. The van der Waals surface area contributed by atoms with Gasteiger partial charge >= 0.3 is 6.18 Å². The molecule has 0 aliphatic carbocycles. The first-order valence-corrected chi connectivity index (χ1v) is 19.5. The normalized spacial score (nSPS) is 11.4. The van der Waals surface area contributed by atoms with Crippen LogP contribution in [0.15, 0.2) is 164 Å². The molecule has 0 radical (unpaired) electrons. The predicted molar refractivity (Wildman–Crippen MR) is 235 cm³/mol. The summed E-state index contributed by atoms with van der Waals surface area (Å²) in [6.45, 7) is 0. The molecule has 0 saturated heterocycles. The topological polar surface area (TPSA) is 105 Å². The molecule has 0 fully saturated rings. The molecule has 0 atom stereocenters. The lowest BCUT2D eigenvalue weighted by Gasteiger charge is -2.24. The van der Waals surface area contributed by atoms with E-state index in [0.29, 0.717) is 33.2 Å². The summed E-state index contributed by atoms with van der Waals surface area (Å²) in [6.07, 6.45) is -4.88. The van der Waals surface area contributed by atoms with E-state index in [4.69, 9.17) is 0 Å². The molecule has 2 aromatic heterocycles. The summed E-state index contributed by atoms with van der Waals surface area (Å²) in [5.41, 5.74) is 5.84. The van der Waals surface area contributed by atoms with Crippen LogP contribution in [0.2, 0.25) is 0 Å². The van der Waals surface area contributed by atoms with Crippen molar-refractivity contribution < 1.29 is 13.2 Å². The first-order valence-electron chi connectivity index (χ1n) is 19.5. The molecule has 6 nitrogen and oxygen atoms in total. The summed E-state index contributed by atoms with van der Waals surface area (Å²) in [4.78, 5) is 0. The van der Waals surface area contributed by atoms with Crippen molar-refractivity contribution in [1.82, 2.24) is 9.13 Å². The summed E-state index contributed by atoms with van der Waals surface area (Å²) >= 11 is 0. The molecule has 0 amide bonds. The molecule has 0 spiro atoms. The predicted octanol–water partition coefficient (Wildman–Crippen LogP) is 13.4. The lowest BCUT2D eigenvalue weighted by molar-refractivity contribution is -0.137. The Balaban J connectivity index is 1.38. The number of hydrogen-bond acceptors (Lipinski definition) is 4. The third-order valence-electron chi connectivity index (χ3n) is 11.5. The Morgan fingerprint density at radius 2 is 0.823 bits per heavy atom. The number of benzene rings is 8. The second-order valence-electron chi connectivity index (χ2n) is 14.8. The van der Waals surface area contributed by atoms with Gasteiger partial charge < -0.3 is 9.13 Å². The highest BCUT2D eigenvalue weighted by Gasteiger charge is 2.37. The number of para-hydroxylation sites is 2. The first-order chi connectivity index (χ1) is 30.2. The van der Waals surface area contributed by atoms with Gasteiger partial charge in [-0.25, -0.2) is 0 Å². The van der Waals surface area contributed by atoms with Gasteiger partial charge in [-0.1, -0.05) is 91.0 Å². The Morgan fingerprint density at radius 3 is 1.29 bits per heavy atom. The number of halogens is 3. The molecular formula is C53H27F3N6. The van der Waals surface area contributed by atoms with E-state index in [2.05, 4.69) is 24.3 Å². The van der Waals surface area contributed by atoms with Crippen LogP contribution in [0.4, 0.5) is 13.2 Å². The van der Waals surface area contributed by atoms with Crippen molar-refractivity contribution in [2.45, 2.75) is 6.18 Å². The zero-order valence-electron chi connectivity index (χ0n) is 32.4. The molecule has 0 N–H and O–H groups in total. The van der Waals surface area contributed by atoms with Crippen LogP contribution in [0, 0.1) is 45.3 Å². The van der Waals surface area contributed by atoms with Gasteiger partial charge in [0.1, 0.15) is 0 Å². The molecule has 9 heteroatoms. The number of aromatic nitrogens is 2. The van der Waals surface area contributed by atoms with Crippen LogP contribution in [-0.2, 0) is 6.18 Å². The number of fused-ring (bicyclic) bond motifs is 6. The molecular weight excluding hydrogens is 778 g/mol. The zero-order chi connectivity index (χ0) is 42.7. The Kier molecular flexibility index (Phi) is 8.70. The SMILES string of the molecule is N#Cc1cc(-n2c3ccccc3c3cc(-c4ccccc4C#N)ccc32)c(-c2c(C#N)cccc2C(F)(F)F)c(-n2c3ccccc3c3cc(-c4ccccc4C#N)ccc32)c1. The number of rotatable bonds is 5. The molecule has 0 aliphatic rings. The molecule has 0 bridgehead atoms. The van der Waals surface area contributed by atoms with Crippen molar-refractivity contribution in [2.75, 3.05) is 0 Å². The van der Waals surface area contributed by atoms with Gasteiger partial charge in [-0.3, -0.25) is 0 Å². The van der Waals surface area contributed by atoms with E-state index in [9.17, 15) is 21.0 Å². The monoisotopic (exact) mass is 804 g/mol. The van der Waals surface area contributed by atoms with Crippen molar-refractivity contribution in [3.8, 4) is 69.0 Å². The summed E-state index contributed by atoms with van der Waals surface area (Å²) < 4.78 is 50.1. The largest absolute Gasteiger partial charge is 0.417 e. The van der Waals surface area contributed by atoms with E-state index in [-0.39, 0.29) is 33.6 Å². The fourth-order valence-electron chi connectivity index (χ4n) is 8.90. The lowest BCUT2D eigenvalue weighted by atomic mass is 9.90. The second-order valence-corrected chi connectivity index (χ2v) is 14.8. The molecule has 2 heterocycles. The second kappa shape index (κ2) is 14.4. The van der Waals surface area contributed by atoms with Crippen LogP contribution in [0.3, 0.4) is 0 Å². The van der Waals surface area contributed by atoms with E-state index in [1.165, 1.54) is 12.1 Å². The summed E-state index contributed by atoms with van der Waals surface area (Å²) in [6, 6.07) is 56.7. The molecule has 62 heavy (non-hydrogen) atoms. The molecule has 0 aliphatic heterocycles. The third-order valence-corrected chi connectivity index (χ3v) is 11.5. The average molecular weight is 805 g/mol. The fourth-order valence-corrected chi connectivity index (χ4v) is 8.90. The van der Waals surface area contributed by atoms with Gasteiger partial charge in [-0.2, -0.15) is 34.2 Å². The van der Waals surface area contributed by atoms with Crippen LogP contribution in [0.25, 0.3) is 88.4 Å². The number of nitrogens with zero attached hydrogens (tertiary/aromatic N) is 6. The number of hydrogen-bond donors (Lipinski definition) is 0. The van der Waals surface area contributed by atoms with Gasteiger partial charge in [0.2, 0.25) is 0 Å². The van der Waals surface area contributed by atoms with Crippen molar-refractivity contribution >= 4 is 43.6 Å². The van der Waals surface area contributed by atoms with Crippen LogP contribution in [0.1, 0.15) is 27.8 Å². The molecule has 10 rings (SSSR count). The summed E-state index contributed by atoms with van der Waals surface area (Å²) in [5, 5.41) is 44.4. The Hall–Kier alpha value is -8.89. The maximum atomic E-state index is 15.5. The minimum atomic E-state index is -4.88. The zero-order valence-corrected chi connectivity index (χ0v) is 32.4. The van der Waals surface area contributed by atoms with Crippen LogP contribution in [0.5, 0.6) is 0 Å². The quantitative estimate of drug-likeness (QED) is 0.173. The molecule has 290 valence electrons. The van der Waals surface area contributed by atoms with Gasteiger partial charge in [0.25, 0.3) is 0 Å². The maximum absolute atomic E-state index is 15.5. The van der Waals surface area contributed by atoms with E-state index in [0.717, 1.165) is 49.9 Å². The summed E-state index contributed by atoms with van der Waals surface area (Å²) in [5.74, 6) is 0. The maximum Gasteiger partial charge on any atom is 0.417 e. The standard InChI is InChI=1S/C53H27F3N6/c54-53(55,56)44-17-9-12-37(31-60)51(44)52-49(61-45-18-7-5-15-40(45)42-26-33(20-22-47(42)61)38-13-3-1-10-35(38)29-58)24-32(28-57)25-50(52)62-46-19-8-6-16-41(46)43-27-34(21-23-48(43)62)39-14-4-2-11-36(39)30-59/h1-27H. The minimum absolute atomic E-state index is 0.0941. The van der Waals surface area contributed by atoms with E-state index < -0.39 is 11.7 Å². The average Bonchev–Trinajstić information content (AvgIpc) is 3.82. The van der Waals surface area contributed by atoms with Crippen molar-refractivity contribution in [3.63, 3.8) is 0 Å². The van der Waals surface area contributed by atoms with Crippen LogP contribution >= 0.6 is 0 Å². The van der Waals surface area contributed by atoms with Crippen LogP contribution < -0.4 is 0 Å². The minimum Gasteiger partial charge on any atom is -0.308 e. The van der Waals surface area contributed by atoms with Crippen molar-refractivity contribution in [3.05, 3.63) is 192 Å². The fraction of sp³-hybridized carbons (Fsp3) is 0.0189. The van der Waals surface area contributed by atoms with E-state index in [1.54, 1.807) is 36.4 Å². The molecule has 10 aromatic rings. The van der Waals surface area contributed by atoms with E-state index in [1.807, 2.05) is 118 Å². The number of alkyl halides is 3. The Bertz CT molecular complexity index is 3500. The highest BCUT2D eigenvalue weighted by Crippen LogP contribution is 2.48. The molecule has 0 unspecified atom stereocenters. The van der Waals surface area contributed by atoms with Gasteiger partial charge in [0.05, 0.1) is 85.5 Å². The van der Waals surface area contributed by atoms with Gasteiger partial charge in [-0.15, -0.1) is 0 Å². The highest BCUT2D eigenvalue weighted by molar-refractivity contribution is 6.13. The summed E-state index contributed by atoms with van der Waals surface area (Å²) in [7, 11) is 0. The Morgan fingerprint density at radius 1 is 0.387 bits per heavy atom. The molecule has 8 aromatic carbocycles. The Labute approximate surface area is 352 Å². The van der Waals surface area contributed by atoms with Crippen LogP contribution in [-0.4, -0.2) is 9.13 Å². The van der Waals surface area contributed by atoms with Crippen molar-refractivity contribution in [1.29, 1.82) is 21.0 Å². The van der Waals surface area contributed by atoms with Crippen molar-refractivity contribution in [2.24, 2.45) is 0 Å². The third kappa shape index (κ3) is 5.77. The van der Waals surface area contributed by atoms with Gasteiger partial charge in [-0.05, 0) is 95.1 Å². The first kappa shape index (κ1) is 37.4. The smallest absolute Gasteiger partial charge is 0.308 e. The highest BCUT2D eigenvalue weighted by atomic mass is 19.4. The van der Waals surface area contributed by atoms with Gasteiger partial charge in [0.15, 0.2) is 0 Å². The number of nitriles is 4.